The fourth-order valence-electron chi connectivity index (χ4n) is 2.24. The van der Waals surface area contributed by atoms with E-state index in [1.54, 1.807) is 30.3 Å². The van der Waals surface area contributed by atoms with E-state index in [9.17, 15) is 9.18 Å². The van der Waals surface area contributed by atoms with Crippen molar-refractivity contribution in [2.24, 2.45) is 0 Å². The lowest BCUT2D eigenvalue weighted by molar-refractivity contribution is 0.202. The molecule has 5 nitrogen and oxygen atoms in total. The van der Waals surface area contributed by atoms with E-state index < -0.39 is 11.7 Å². The Morgan fingerprint density at radius 1 is 1.21 bits per heavy atom. The number of hydrogen-bond donors (Lipinski definition) is 0. The van der Waals surface area contributed by atoms with Crippen LogP contribution in [0, 0.1) is 0 Å². The van der Waals surface area contributed by atoms with Gasteiger partial charge in [-0.1, -0.05) is 29.3 Å². The summed E-state index contributed by atoms with van der Waals surface area (Å²) >= 11 is 12.4. The molecule has 0 bridgehead atoms. The highest BCUT2D eigenvalue weighted by molar-refractivity contribution is 6.39. The quantitative estimate of drug-likeness (QED) is 0.703. The van der Waals surface area contributed by atoms with Gasteiger partial charge >= 0.3 is 0 Å². The molecule has 0 spiro atoms. The van der Waals surface area contributed by atoms with Crippen LogP contribution in [-0.4, -0.2) is 27.4 Å². The zero-order valence-electron chi connectivity index (χ0n) is 12.5. The second-order valence-corrected chi connectivity index (χ2v) is 5.93. The summed E-state index contributed by atoms with van der Waals surface area (Å²) in [4.78, 5) is 16.1. The Kier molecular flexibility index (Phi) is 4.69. The Hall–Kier alpha value is -2.18. The smallest absolute Gasteiger partial charge is 0.281 e. The summed E-state index contributed by atoms with van der Waals surface area (Å²) in [6.45, 7) is 1.27. The van der Waals surface area contributed by atoms with Crippen molar-refractivity contribution in [3.8, 4) is 17.0 Å². The SMILES string of the molecule is CC(F)COc1ccc2c(-c3c(Cl)cccc3Cl)c(=O)ncn2n1. The zero-order valence-corrected chi connectivity index (χ0v) is 14.1. The number of ether oxygens (including phenoxy) is 1. The van der Waals surface area contributed by atoms with Crippen molar-refractivity contribution in [2.45, 2.75) is 13.1 Å². The average Bonchev–Trinajstić information content (AvgIpc) is 2.54. The van der Waals surface area contributed by atoms with Crippen molar-refractivity contribution >= 4 is 28.7 Å². The fraction of sp³-hybridized carbons (Fsp3) is 0.188. The molecule has 3 aromatic rings. The van der Waals surface area contributed by atoms with Crippen LogP contribution in [0.4, 0.5) is 4.39 Å². The summed E-state index contributed by atoms with van der Waals surface area (Å²) in [6, 6.07) is 8.14. The van der Waals surface area contributed by atoms with Crippen molar-refractivity contribution in [2.75, 3.05) is 6.61 Å². The second kappa shape index (κ2) is 6.75. The summed E-state index contributed by atoms with van der Waals surface area (Å²) in [5, 5.41) is 4.84. The van der Waals surface area contributed by atoms with E-state index in [-0.39, 0.29) is 18.1 Å². The zero-order chi connectivity index (χ0) is 17.3. The number of hydrogen-bond acceptors (Lipinski definition) is 4. The highest BCUT2D eigenvalue weighted by Crippen LogP contribution is 2.34. The van der Waals surface area contributed by atoms with Gasteiger partial charge in [-0.2, -0.15) is 4.98 Å². The third-order valence-electron chi connectivity index (χ3n) is 3.26. The van der Waals surface area contributed by atoms with Gasteiger partial charge in [0, 0.05) is 11.6 Å². The monoisotopic (exact) mass is 367 g/mol. The maximum Gasteiger partial charge on any atom is 0.281 e. The maximum absolute atomic E-state index is 12.9. The number of rotatable bonds is 4. The molecule has 0 radical (unpaired) electrons. The van der Waals surface area contributed by atoms with Gasteiger partial charge in [-0.15, -0.1) is 5.10 Å². The number of alkyl halides is 1. The van der Waals surface area contributed by atoms with Gasteiger partial charge < -0.3 is 4.74 Å². The van der Waals surface area contributed by atoms with Crippen LogP contribution in [0.1, 0.15) is 6.92 Å². The molecule has 0 saturated heterocycles. The predicted octanol–water partition coefficient (Wildman–Crippen LogP) is 3.80. The minimum Gasteiger partial charge on any atom is -0.474 e. The van der Waals surface area contributed by atoms with Crippen molar-refractivity contribution in [1.82, 2.24) is 14.6 Å². The molecule has 0 aliphatic heterocycles. The van der Waals surface area contributed by atoms with E-state index >= 15 is 0 Å². The van der Waals surface area contributed by atoms with Crippen LogP contribution in [-0.2, 0) is 0 Å². The molecule has 1 atom stereocenters. The van der Waals surface area contributed by atoms with Crippen LogP contribution in [0.3, 0.4) is 0 Å². The molecule has 0 aliphatic rings. The average molecular weight is 368 g/mol. The molecule has 0 saturated carbocycles. The fourth-order valence-corrected chi connectivity index (χ4v) is 2.82. The number of halogens is 3. The first kappa shape index (κ1) is 16.7. The lowest BCUT2D eigenvalue weighted by Gasteiger charge is -2.11. The van der Waals surface area contributed by atoms with Crippen LogP contribution in [0.2, 0.25) is 10.0 Å². The minimum atomic E-state index is -1.12. The van der Waals surface area contributed by atoms with Gasteiger partial charge in [0.05, 0.1) is 21.1 Å². The van der Waals surface area contributed by atoms with E-state index in [2.05, 4.69) is 10.1 Å². The molecule has 2 aromatic heterocycles. The van der Waals surface area contributed by atoms with E-state index in [4.69, 9.17) is 27.9 Å². The lowest BCUT2D eigenvalue weighted by atomic mass is 10.1. The number of nitrogens with zero attached hydrogens (tertiary/aromatic N) is 3. The van der Waals surface area contributed by atoms with E-state index in [1.807, 2.05) is 0 Å². The Labute approximate surface area is 146 Å². The lowest BCUT2D eigenvalue weighted by Crippen LogP contribution is -2.15. The Morgan fingerprint density at radius 3 is 2.58 bits per heavy atom. The number of benzene rings is 1. The summed E-state index contributed by atoms with van der Waals surface area (Å²) in [5.41, 5.74) is 0.624. The first-order valence-electron chi connectivity index (χ1n) is 7.07. The first-order chi connectivity index (χ1) is 11.5. The minimum absolute atomic E-state index is 0.116. The van der Waals surface area contributed by atoms with Crippen LogP contribution >= 0.6 is 23.2 Å². The van der Waals surface area contributed by atoms with Crippen LogP contribution in [0.25, 0.3) is 16.6 Å². The van der Waals surface area contributed by atoms with E-state index in [0.29, 0.717) is 21.1 Å². The molecular weight excluding hydrogens is 356 g/mol. The highest BCUT2D eigenvalue weighted by Gasteiger charge is 2.17. The first-order valence-corrected chi connectivity index (χ1v) is 7.83. The Bertz CT molecular complexity index is 939. The third-order valence-corrected chi connectivity index (χ3v) is 3.89. The van der Waals surface area contributed by atoms with Gasteiger partial charge in [0.1, 0.15) is 19.1 Å². The summed E-state index contributed by atoms with van der Waals surface area (Å²) in [5.74, 6) is 0.216. The molecule has 2 heterocycles. The molecule has 24 heavy (non-hydrogen) atoms. The number of aromatic nitrogens is 3. The second-order valence-electron chi connectivity index (χ2n) is 5.11. The molecule has 8 heteroatoms. The predicted molar refractivity (Wildman–Crippen MR) is 90.8 cm³/mol. The molecule has 1 aromatic carbocycles. The molecule has 3 rings (SSSR count). The van der Waals surface area contributed by atoms with Gasteiger partial charge in [-0.3, -0.25) is 4.79 Å². The maximum atomic E-state index is 12.9. The van der Waals surface area contributed by atoms with Gasteiger partial charge in [0.25, 0.3) is 5.56 Å². The van der Waals surface area contributed by atoms with Gasteiger partial charge in [-0.05, 0) is 25.1 Å². The Balaban J connectivity index is 2.18. The number of fused-ring (bicyclic) bond motifs is 1. The van der Waals surface area contributed by atoms with Crippen molar-refractivity contribution in [3.63, 3.8) is 0 Å². The molecule has 0 N–H and O–H groups in total. The van der Waals surface area contributed by atoms with Crippen LogP contribution < -0.4 is 10.3 Å². The van der Waals surface area contributed by atoms with Gasteiger partial charge in [0.15, 0.2) is 0 Å². The van der Waals surface area contributed by atoms with Gasteiger partial charge in [-0.25, -0.2) is 8.91 Å². The van der Waals surface area contributed by atoms with Crippen LogP contribution in [0.15, 0.2) is 41.5 Å². The molecular formula is C16H12Cl2FN3O2. The summed E-state index contributed by atoms with van der Waals surface area (Å²) in [7, 11) is 0. The standard InChI is InChI=1S/C16H12Cl2FN3O2/c1-9(19)7-24-13-6-5-12-15(16(23)20-8-22(12)21-13)14-10(17)3-2-4-11(14)18/h2-6,8-9H,7H2,1H3. The largest absolute Gasteiger partial charge is 0.474 e. The normalized spacial score (nSPS) is 12.3. The molecule has 0 fully saturated rings. The van der Waals surface area contributed by atoms with Gasteiger partial charge in [0.2, 0.25) is 5.88 Å². The van der Waals surface area contributed by atoms with Crippen molar-refractivity contribution in [3.05, 3.63) is 57.1 Å². The van der Waals surface area contributed by atoms with E-state index in [0.717, 1.165) is 0 Å². The van der Waals surface area contributed by atoms with Crippen LogP contribution in [0.5, 0.6) is 5.88 Å². The molecule has 1 unspecified atom stereocenters. The third kappa shape index (κ3) is 3.20. The molecule has 124 valence electrons. The van der Waals surface area contributed by atoms with Crippen molar-refractivity contribution in [1.29, 1.82) is 0 Å². The van der Waals surface area contributed by atoms with Crippen molar-refractivity contribution < 1.29 is 9.13 Å². The highest BCUT2D eigenvalue weighted by atomic mass is 35.5. The Morgan fingerprint density at radius 2 is 1.92 bits per heavy atom. The molecule has 0 amide bonds. The summed E-state index contributed by atoms with van der Waals surface area (Å²) in [6.07, 6.45) is 0.143. The van der Waals surface area contributed by atoms with E-state index in [1.165, 1.54) is 17.8 Å². The molecule has 0 aliphatic carbocycles. The topological polar surface area (TPSA) is 56.5 Å². The summed E-state index contributed by atoms with van der Waals surface area (Å²) < 4.78 is 19.5.